The van der Waals surface area contributed by atoms with E-state index in [0.29, 0.717) is 0 Å². The van der Waals surface area contributed by atoms with Gasteiger partial charge in [0.05, 0.1) is 0 Å². The third-order valence-electron chi connectivity index (χ3n) is 7.72. The Labute approximate surface area is 412 Å². The van der Waals surface area contributed by atoms with Gasteiger partial charge in [0.1, 0.15) is 0 Å². The van der Waals surface area contributed by atoms with Crippen molar-refractivity contribution < 1.29 is 0 Å². The Bertz CT molecular complexity index is 1600. The van der Waals surface area contributed by atoms with Crippen LogP contribution in [0.1, 0.15) is 182 Å². The molecule has 0 aromatic heterocycles. The predicted octanol–water partition coefficient (Wildman–Crippen LogP) is 21.4. The Morgan fingerprint density at radius 1 is 0.167 bits per heavy atom. The molecule has 7 rings (SSSR count). The Morgan fingerprint density at radius 2 is 0.258 bits per heavy atom. The molecule has 0 fully saturated rings. The van der Waals surface area contributed by atoms with E-state index in [1.54, 1.807) is 0 Å². The lowest BCUT2D eigenvalue weighted by molar-refractivity contribution is 1.09. The lowest BCUT2D eigenvalue weighted by Crippen LogP contribution is -1.93. The van der Waals surface area contributed by atoms with Gasteiger partial charge in [0.2, 0.25) is 0 Å². The molecule has 0 saturated heterocycles. The normalized spacial score (nSPS) is 8.21. The summed E-state index contributed by atoms with van der Waals surface area (Å²) in [5.41, 5.74) is 10.9. The molecule has 364 valence electrons. The van der Waals surface area contributed by atoms with Crippen LogP contribution in [0.25, 0.3) is 0 Å². The van der Waals surface area contributed by atoms with Crippen molar-refractivity contribution in [2.24, 2.45) is 0 Å². The zero-order valence-electron chi connectivity index (χ0n) is 45.9. The quantitative estimate of drug-likeness (QED) is 0.143. The van der Waals surface area contributed by atoms with Crippen molar-refractivity contribution in [1.82, 2.24) is 0 Å². The molecule has 0 aliphatic heterocycles. The zero-order chi connectivity index (χ0) is 50.9. The average molecular weight is 894 g/mol. The van der Waals surface area contributed by atoms with E-state index in [4.69, 9.17) is 0 Å². The van der Waals surface area contributed by atoms with Crippen LogP contribution in [0.15, 0.2) is 206 Å². The molecule has 0 nitrogen and oxygen atoms in total. The van der Waals surface area contributed by atoms with Crippen LogP contribution in [0.4, 0.5) is 0 Å². The smallest absolute Gasteiger partial charge is 0.00258 e. The molecular weight excluding hydrogens is 793 g/mol. The van der Waals surface area contributed by atoms with Crippen molar-refractivity contribution >= 4 is 0 Å². The van der Waals surface area contributed by atoms with Crippen LogP contribution in [0.3, 0.4) is 0 Å². The van der Waals surface area contributed by atoms with Crippen LogP contribution in [-0.2, 0) is 25.7 Å². The molecular formula is C66H100. The summed E-state index contributed by atoms with van der Waals surface area (Å²) in [5.74, 6) is 0. The molecule has 0 heteroatoms. The van der Waals surface area contributed by atoms with Gasteiger partial charge in [0.15, 0.2) is 0 Å². The summed E-state index contributed by atoms with van der Waals surface area (Å²) in [6, 6.07) is 72.5. The lowest BCUT2D eigenvalue weighted by atomic mass is 9.98. The van der Waals surface area contributed by atoms with E-state index in [-0.39, 0.29) is 0 Å². The fourth-order valence-corrected chi connectivity index (χ4v) is 5.23. The van der Waals surface area contributed by atoms with Crippen molar-refractivity contribution in [3.63, 3.8) is 0 Å². The fourth-order valence-electron chi connectivity index (χ4n) is 5.23. The molecule has 0 aliphatic rings. The maximum atomic E-state index is 2.27. The van der Waals surface area contributed by atoms with Gasteiger partial charge in [-0.1, -0.05) is 344 Å². The molecule has 0 aliphatic carbocycles. The first-order valence-electron chi connectivity index (χ1n) is 25.9. The first kappa shape index (κ1) is 69.6. The van der Waals surface area contributed by atoms with Crippen molar-refractivity contribution in [3.05, 3.63) is 251 Å². The van der Waals surface area contributed by atoms with E-state index in [2.05, 4.69) is 161 Å². The SMILES string of the molecule is CC.CC.CC.CC.CC.CC.CC.CCC.CCC.c1ccc(Cc2ccc(Cc3ccc(Cc4ccc(Cc5ccccc5)cc4)cc3)cc2)cc1.c1ccccc1.c1ccccc1. The van der Waals surface area contributed by atoms with Crippen LogP contribution in [0, 0.1) is 0 Å². The van der Waals surface area contributed by atoms with Gasteiger partial charge in [-0.15, -0.1) is 0 Å². The first-order valence-corrected chi connectivity index (χ1v) is 25.9. The highest BCUT2D eigenvalue weighted by atomic mass is 14.1. The van der Waals surface area contributed by atoms with Crippen LogP contribution < -0.4 is 0 Å². The minimum absolute atomic E-state index is 0.972. The van der Waals surface area contributed by atoms with E-state index in [1.165, 1.54) is 57.3 Å². The molecule has 0 spiro atoms. The molecule has 0 saturated carbocycles. The second-order valence-electron chi connectivity index (χ2n) is 12.9. The summed E-state index contributed by atoms with van der Waals surface area (Å²) >= 11 is 0. The van der Waals surface area contributed by atoms with Crippen molar-refractivity contribution in [3.8, 4) is 0 Å². The van der Waals surface area contributed by atoms with Gasteiger partial charge in [-0.3, -0.25) is 0 Å². The summed E-state index contributed by atoms with van der Waals surface area (Å²) in [7, 11) is 0. The molecule has 7 aromatic carbocycles. The Balaban J connectivity index is -0.000000317. The summed E-state index contributed by atoms with van der Waals surface area (Å²) in [5, 5.41) is 0. The number of benzene rings is 7. The lowest BCUT2D eigenvalue weighted by Gasteiger charge is -2.08. The number of hydrogen-bond donors (Lipinski definition) is 0. The van der Waals surface area contributed by atoms with Crippen LogP contribution in [0.5, 0.6) is 0 Å². The van der Waals surface area contributed by atoms with Gasteiger partial charge in [-0.2, -0.15) is 0 Å². The van der Waals surface area contributed by atoms with E-state index >= 15 is 0 Å². The molecule has 7 aromatic rings. The van der Waals surface area contributed by atoms with E-state index in [0.717, 1.165) is 25.7 Å². The maximum absolute atomic E-state index is 2.27. The fraction of sp³-hybridized carbons (Fsp3) is 0.364. The van der Waals surface area contributed by atoms with Gasteiger partial charge < -0.3 is 0 Å². The molecule has 0 amide bonds. The average Bonchev–Trinajstić information content (AvgIpc) is 3.42. The Morgan fingerprint density at radius 3 is 0.379 bits per heavy atom. The van der Waals surface area contributed by atoms with Crippen molar-refractivity contribution in [1.29, 1.82) is 0 Å². The van der Waals surface area contributed by atoms with E-state index < -0.39 is 0 Å². The highest BCUT2D eigenvalue weighted by Crippen LogP contribution is 2.17. The predicted molar refractivity (Wildman–Crippen MR) is 308 cm³/mol. The minimum Gasteiger partial charge on any atom is -0.0683 e. The van der Waals surface area contributed by atoms with E-state index in [1.807, 2.05) is 170 Å². The molecule has 0 heterocycles. The highest BCUT2D eigenvalue weighted by molar-refractivity contribution is 5.35. The largest absolute Gasteiger partial charge is 0.0683 e. The van der Waals surface area contributed by atoms with Gasteiger partial charge in [0, 0.05) is 0 Å². The zero-order valence-corrected chi connectivity index (χ0v) is 45.9. The Kier molecular flexibility index (Phi) is 62.8. The van der Waals surface area contributed by atoms with Gasteiger partial charge >= 0.3 is 0 Å². The second-order valence-corrected chi connectivity index (χ2v) is 12.9. The highest BCUT2D eigenvalue weighted by Gasteiger charge is 2.02. The van der Waals surface area contributed by atoms with Gasteiger partial charge in [-0.25, -0.2) is 0 Å². The molecule has 0 bridgehead atoms. The second kappa shape index (κ2) is 59.5. The van der Waals surface area contributed by atoms with Crippen LogP contribution in [0.2, 0.25) is 0 Å². The third kappa shape index (κ3) is 41.3. The molecule has 66 heavy (non-hydrogen) atoms. The van der Waals surface area contributed by atoms with Gasteiger partial charge in [0.25, 0.3) is 0 Å². The standard InChI is InChI=1S/C34H30.2C6H6.2C3H8.7C2H6/c1-3-7-27(8-4-1)23-29-11-15-31(16-12-29)25-33-19-21-34(22-20-33)26-32-17-13-30(14-18-32)24-28-9-5-2-6-10-28;2*1-2-4-6-5-3-1;2*1-3-2;7*1-2/h1-22H,23-26H2;2*1-6H;2*3H2,1-2H3;7*1-2H3. The number of rotatable bonds is 8. The summed E-state index contributed by atoms with van der Waals surface area (Å²) in [4.78, 5) is 0. The topological polar surface area (TPSA) is 0 Å². The molecule has 0 atom stereocenters. The Hall–Kier alpha value is -5.46. The monoisotopic (exact) mass is 893 g/mol. The molecule has 0 unspecified atom stereocenters. The van der Waals surface area contributed by atoms with Crippen LogP contribution in [-0.4, -0.2) is 0 Å². The minimum atomic E-state index is 0.972. The van der Waals surface area contributed by atoms with Crippen molar-refractivity contribution in [2.45, 2.75) is 163 Å². The summed E-state index contributed by atoms with van der Waals surface area (Å²) < 4.78 is 0. The summed E-state index contributed by atoms with van der Waals surface area (Å²) in [6.07, 6.45) is 6.42. The number of hydrogen-bond acceptors (Lipinski definition) is 0. The summed E-state index contributed by atoms with van der Waals surface area (Å²) in [6.45, 7) is 36.5. The maximum Gasteiger partial charge on any atom is -0.00258 e. The van der Waals surface area contributed by atoms with Crippen molar-refractivity contribution in [2.75, 3.05) is 0 Å². The third-order valence-corrected chi connectivity index (χ3v) is 7.72. The van der Waals surface area contributed by atoms with Crippen LogP contribution >= 0.6 is 0 Å². The van der Waals surface area contributed by atoms with Gasteiger partial charge in [-0.05, 0) is 70.2 Å². The molecule has 0 N–H and O–H groups in total. The molecule has 0 radical (unpaired) electrons. The van der Waals surface area contributed by atoms with E-state index in [9.17, 15) is 0 Å². The first-order chi connectivity index (χ1) is 32.6.